The monoisotopic (exact) mass is 327 g/mol. The molecule has 23 heavy (non-hydrogen) atoms. The molecule has 3 aromatic rings. The number of hydrogen-bond donors (Lipinski definition) is 2. The number of para-hydroxylation sites is 1. The highest BCUT2D eigenvalue weighted by Crippen LogP contribution is 2.33. The van der Waals surface area contributed by atoms with Gasteiger partial charge in [0.25, 0.3) is 5.56 Å². The number of hydrazine groups is 1. The number of nitrogens with zero attached hydrogens (tertiary/aromatic N) is 3. The third kappa shape index (κ3) is 2.24. The van der Waals surface area contributed by atoms with Crippen LogP contribution in [0.1, 0.15) is 10.4 Å². The maximum absolute atomic E-state index is 13.1. The lowest BCUT2D eigenvalue weighted by atomic mass is 10.1. The topological polar surface area (TPSA) is 76.2 Å². The molecule has 0 unspecified atom stereocenters. The summed E-state index contributed by atoms with van der Waals surface area (Å²) in [5, 5.41) is 0.737. The van der Waals surface area contributed by atoms with Crippen LogP contribution < -0.4 is 16.8 Å². The lowest BCUT2D eigenvalue weighted by Crippen LogP contribution is -2.28. The maximum Gasteiger partial charge on any atom is 0.268 e. The number of rotatable bonds is 2. The summed E-state index contributed by atoms with van der Waals surface area (Å²) in [6, 6.07) is 9.46. The van der Waals surface area contributed by atoms with Gasteiger partial charge in [-0.3, -0.25) is 10.2 Å². The molecule has 0 spiro atoms. The molecule has 0 amide bonds. The molecule has 0 aliphatic carbocycles. The first-order valence-electron chi connectivity index (χ1n) is 7.47. The molecule has 118 valence electrons. The van der Waals surface area contributed by atoms with Crippen LogP contribution in [-0.4, -0.2) is 28.0 Å². The zero-order valence-corrected chi connectivity index (χ0v) is 13.6. The Morgan fingerprint density at radius 3 is 2.83 bits per heavy atom. The minimum absolute atomic E-state index is 0.0591. The number of thiophene rings is 1. The van der Waals surface area contributed by atoms with Gasteiger partial charge < -0.3 is 4.90 Å². The van der Waals surface area contributed by atoms with Crippen molar-refractivity contribution in [1.82, 2.24) is 14.5 Å². The number of hydrogen-bond acceptors (Lipinski definition) is 6. The molecule has 0 bridgehead atoms. The quantitative estimate of drug-likeness (QED) is 0.554. The summed E-state index contributed by atoms with van der Waals surface area (Å²) in [6.07, 6.45) is 0.882. The highest BCUT2D eigenvalue weighted by molar-refractivity contribution is 7.18. The summed E-state index contributed by atoms with van der Waals surface area (Å²) < 4.78 is 1.55. The van der Waals surface area contributed by atoms with Gasteiger partial charge in [0.2, 0.25) is 5.95 Å². The van der Waals surface area contributed by atoms with E-state index in [4.69, 9.17) is 5.84 Å². The van der Waals surface area contributed by atoms with Crippen LogP contribution in [0.4, 0.5) is 5.95 Å². The van der Waals surface area contributed by atoms with Crippen molar-refractivity contribution in [1.29, 1.82) is 0 Å². The largest absolute Gasteiger partial charge is 0.301 e. The van der Waals surface area contributed by atoms with Gasteiger partial charge in [-0.15, -0.1) is 11.3 Å². The Bertz CT molecular complexity index is 931. The Labute approximate surface area is 137 Å². The van der Waals surface area contributed by atoms with Crippen molar-refractivity contribution in [3.8, 4) is 5.69 Å². The van der Waals surface area contributed by atoms with Crippen molar-refractivity contribution in [2.75, 3.05) is 19.0 Å². The van der Waals surface area contributed by atoms with Crippen molar-refractivity contribution >= 4 is 27.5 Å². The first-order valence-corrected chi connectivity index (χ1v) is 8.28. The number of nitrogens with one attached hydrogen (secondary N) is 1. The van der Waals surface area contributed by atoms with E-state index in [1.807, 2.05) is 30.3 Å². The fourth-order valence-electron chi connectivity index (χ4n) is 3.08. The number of likely N-dealkylation sites (N-methyl/N-ethyl adjacent to an activating group) is 1. The van der Waals surface area contributed by atoms with Crippen LogP contribution in [0.2, 0.25) is 0 Å². The molecule has 3 heterocycles. The van der Waals surface area contributed by atoms with Gasteiger partial charge in [0.15, 0.2) is 0 Å². The predicted octanol–water partition coefficient (Wildman–Crippen LogP) is 1.72. The molecule has 0 atom stereocenters. The van der Waals surface area contributed by atoms with E-state index in [0.717, 1.165) is 41.0 Å². The van der Waals surface area contributed by atoms with Crippen molar-refractivity contribution in [2.24, 2.45) is 5.84 Å². The first kappa shape index (κ1) is 14.4. The average molecular weight is 327 g/mol. The molecule has 1 aliphatic rings. The van der Waals surface area contributed by atoms with Crippen molar-refractivity contribution in [3.63, 3.8) is 0 Å². The second-order valence-corrected chi connectivity index (χ2v) is 6.81. The van der Waals surface area contributed by atoms with E-state index in [9.17, 15) is 4.79 Å². The lowest BCUT2D eigenvalue weighted by Gasteiger charge is -2.21. The third-order valence-corrected chi connectivity index (χ3v) is 5.32. The summed E-state index contributed by atoms with van der Waals surface area (Å²) in [5.41, 5.74) is 4.41. The highest BCUT2D eigenvalue weighted by Gasteiger charge is 2.24. The molecule has 0 saturated heterocycles. The molecule has 7 heteroatoms. The number of benzene rings is 1. The van der Waals surface area contributed by atoms with Crippen LogP contribution in [0.15, 0.2) is 35.1 Å². The molecule has 0 radical (unpaired) electrons. The van der Waals surface area contributed by atoms with Crippen LogP contribution in [0.3, 0.4) is 0 Å². The van der Waals surface area contributed by atoms with Crippen molar-refractivity contribution < 1.29 is 0 Å². The second-order valence-electron chi connectivity index (χ2n) is 5.73. The average Bonchev–Trinajstić information content (AvgIpc) is 2.92. The molecular weight excluding hydrogens is 310 g/mol. The fraction of sp³-hybridized carbons (Fsp3) is 0.250. The highest BCUT2D eigenvalue weighted by atomic mass is 32.1. The van der Waals surface area contributed by atoms with E-state index in [1.54, 1.807) is 15.9 Å². The molecule has 0 saturated carbocycles. The van der Waals surface area contributed by atoms with E-state index in [0.29, 0.717) is 5.95 Å². The van der Waals surface area contributed by atoms with Crippen LogP contribution >= 0.6 is 11.3 Å². The summed E-state index contributed by atoms with van der Waals surface area (Å²) in [7, 11) is 2.09. The Morgan fingerprint density at radius 1 is 1.30 bits per heavy atom. The Hall–Kier alpha value is -2.22. The smallest absolute Gasteiger partial charge is 0.268 e. The molecular formula is C16H17N5OS. The maximum atomic E-state index is 13.1. The van der Waals surface area contributed by atoms with Gasteiger partial charge in [-0.1, -0.05) is 18.2 Å². The van der Waals surface area contributed by atoms with E-state index < -0.39 is 0 Å². The zero-order valence-electron chi connectivity index (χ0n) is 12.7. The minimum atomic E-state index is -0.0591. The van der Waals surface area contributed by atoms with Crippen LogP contribution in [0, 0.1) is 0 Å². The van der Waals surface area contributed by atoms with E-state index >= 15 is 0 Å². The molecule has 1 aromatic carbocycles. The summed E-state index contributed by atoms with van der Waals surface area (Å²) >= 11 is 1.59. The zero-order chi connectivity index (χ0) is 16.0. The Kier molecular flexibility index (Phi) is 3.41. The van der Waals surface area contributed by atoms with Gasteiger partial charge in [0, 0.05) is 18.0 Å². The third-order valence-electron chi connectivity index (χ3n) is 4.21. The SMILES string of the molecule is CN1CCc2c(sc3nc(NN)n(-c4ccccc4)c(=O)c23)C1. The number of nitrogens with two attached hydrogens (primary N) is 1. The molecule has 4 rings (SSSR count). The van der Waals surface area contributed by atoms with E-state index in [2.05, 4.69) is 22.4 Å². The van der Waals surface area contributed by atoms with Gasteiger partial charge in [-0.05, 0) is 31.2 Å². The second kappa shape index (κ2) is 5.45. The summed E-state index contributed by atoms with van der Waals surface area (Å²) in [6.45, 7) is 1.83. The van der Waals surface area contributed by atoms with Crippen molar-refractivity contribution in [2.45, 2.75) is 13.0 Å². The number of fused-ring (bicyclic) bond motifs is 3. The predicted molar refractivity (Wildman–Crippen MR) is 93.1 cm³/mol. The lowest BCUT2D eigenvalue weighted by molar-refractivity contribution is 0.318. The number of aromatic nitrogens is 2. The molecule has 3 N–H and O–H groups in total. The number of nitrogen functional groups attached to an aromatic ring is 1. The number of anilines is 1. The standard InChI is InChI=1S/C16H17N5OS/c1-20-8-7-11-12(9-20)23-14-13(11)15(22)21(16(18-14)19-17)10-5-3-2-4-6-10/h2-6H,7-9,17H2,1H3,(H,18,19). The first-order chi connectivity index (χ1) is 11.2. The normalized spacial score (nSPS) is 14.9. The summed E-state index contributed by atoms with van der Waals surface area (Å²) in [5.74, 6) is 5.98. The van der Waals surface area contributed by atoms with Crippen LogP contribution in [-0.2, 0) is 13.0 Å². The van der Waals surface area contributed by atoms with Gasteiger partial charge in [-0.2, -0.15) is 0 Å². The fourth-order valence-corrected chi connectivity index (χ4v) is 4.37. The minimum Gasteiger partial charge on any atom is -0.301 e. The van der Waals surface area contributed by atoms with Gasteiger partial charge in [0.05, 0.1) is 11.1 Å². The van der Waals surface area contributed by atoms with Crippen LogP contribution in [0.5, 0.6) is 0 Å². The van der Waals surface area contributed by atoms with E-state index in [-0.39, 0.29) is 5.56 Å². The molecule has 6 nitrogen and oxygen atoms in total. The summed E-state index contributed by atoms with van der Waals surface area (Å²) in [4.78, 5) is 22.0. The van der Waals surface area contributed by atoms with Gasteiger partial charge in [-0.25, -0.2) is 15.4 Å². The van der Waals surface area contributed by atoms with Gasteiger partial charge >= 0.3 is 0 Å². The Morgan fingerprint density at radius 2 is 2.09 bits per heavy atom. The van der Waals surface area contributed by atoms with Crippen LogP contribution in [0.25, 0.3) is 15.9 Å². The van der Waals surface area contributed by atoms with Gasteiger partial charge in [0.1, 0.15) is 4.83 Å². The molecule has 0 fully saturated rings. The van der Waals surface area contributed by atoms with E-state index in [1.165, 1.54) is 4.88 Å². The molecule has 2 aromatic heterocycles. The van der Waals surface area contributed by atoms with Crippen molar-refractivity contribution in [3.05, 3.63) is 51.1 Å². The molecule has 1 aliphatic heterocycles. The Balaban J connectivity index is 2.04.